The van der Waals surface area contributed by atoms with Crippen molar-refractivity contribution in [3.63, 3.8) is 0 Å². The van der Waals surface area contributed by atoms with Crippen molar-refractivity contribution in [2.45, 2.75) is 36.7 Å². The molecular formula is C17H16F2N4O2S. The lowest BCUT2D eigenvalue weighted by molar-refractivity contribution is 0.328. The van der Waals surface area contributed by atoms with Crippen LogP contribution in [0.1, 0.15) is 42.7 Å². The van der Waals surface area contributed by atoms with Gasteiger partial charge in [-0.05, 0) is 31.0 Å². The Morgan fingerprint density at radius 2 is 1.92 bits per heavy atom. The van der Waals surface area contributed by atoms with Gasteiger partial charge in [-0.25, -0.2) is 13.5 Å². The Bertz CT molecular complexity index is 932. The maximum absolute atomic E-state index is 13.8. The molecule has 1 aliphatic rings. The molecule has 2 heterocycles. The molecule has 0 aliphatic heterocycles. The zero-order valence-corrected chi connectivity index (χ0v) is 14.6. The summed E-state index contributed by atoms with van der Waals surface area (Å²) in [6.45, 7) is 0. The van der Waals surface area contributed by atoms with Gasteiger partial charge in [-0.2, -0.15) is 5.10 Å². The summed E-state index contributed by atoms with van der Waals surface area (Å²) in [4.78, 5) is 0. The highest BCUT2D eigenvalue weighted by atomic mass is 32.2. The maximum atomic E-state index is 13.8. The number of hydrogen-bond donors (Lipinski definition) is 0. The van der Waals surface area contributed by atoms with Gasteiger partial charge in [-0.3, -0.25) is 4.21 Å². The molecule has 1 atom stereocenters. The molecule has 0 bridgehead atoms. The number of aromatic nitrogens is 4. The van der Waals surface area contributed by atoms with Crippen LogP contribution in [-0.4, -0.2) is 24.2 Å². The van der Waals surface area contributed by atoms with Crippen LogP contribution in [0.3, 0.4) is 0 Å². The number of rotatable bonds is 6. The third-order valence-corrected chi connectivity index (χ3v) is 5.53. The first-order valence-corrected chi connectivity index (χ1v) is 9.75. The van der Waals surface area contributed by atoms with E-state index in [0.717, 1.165) is 29.7 Å². The average Bonchev–Trinajstić information content (AvgIpc) is 3.16. The predicted octanol–water partition coefficient (Wildman–Crippen LogP) is 3.25. The summed E-state index contributed by atoms with van der Waals surface area (Å²) in [7, 11) is -1.32. The molecular weight excluding hydrogens is 362 g/mol. The van der Waals surface area contributed by atoms with E-state index in [9.17, 15) is 13.0 Å². The van der Waals surface area contributed by atoms with Crippen molar-refractivity contribution in [1.29, 1.82) is 0 Å². The van der Waals surface area contributed by atoms with Gasteiger partial charge in [0.25, 0.3) is 0 Å². The summed E-state index contributed by atoms with van der Waals surface area (Å²) in [5.41, 5.74) is 0.205. The lowest BCUT2D eigenvalue weighted by atomic mass is 9.85. The first-order valence-electron chi connectivity index (χ1n) is 8.26. The first-order chi connectivity index (χ1) is 12.6. The van der Waals surface area contributed by atoms with Crippen molar-refractivity contribution in [3.8, 4) is 5.69 Å². The van der Waals surface area contributed by atoms with Crippen LogP contribution in [0, 0.1) is 11.6 Å². The van der Waals surface area contributed by atoms with E-state index in [2.05, 4.69) is 15.3 Å². The fourth-order valence-electron chi connectivity index (χ4n) is 2.77. The highest BCUT2D eigenvalue weighted by Gasteiger charge is 2.25. The second kappa shape index (κ2) is 7.06. The molecule has 0 radical (unpaired) electrons. The molecule has 1 fully saturated rings. The minimum Gasteiger partial charge on any atom is -0.424 e. The number of benzene rings is 1. The molecule has 0 amide bonds. The van der Waals surface area contributed by atoms with E-state index in [-0.39, 0.29) is 17.2 Å². The van der Waals surface area contributed by atoms with Gasteiger partial charge in [0, 0.05) is 22.9 Å². The summed E-state index contributed by atoms with van der Waals surface area (Å²) < 4.78 is 46.6. The van der Waals surface area contributed by atoms with Gasteiger partial charge in [0.1, 0.15) is 11.4 Å². The number of hydrogen-bond acceptors (Lipinski definition) is 5. The number of halogens is 2. The van der Waals surface area contributed by atoms with Gasteiger partial charge in [-0.15, -0.1) is 10.2 Å². The molecule has 1 saturated carbocycles. The maximum Gasteiger partial charge on any atom is 0.229 e. The lowest BCUT2D eigenvalue weighted by Gasteiger charge is -2.20. The topological polar surface area (TPSA) is 73.8 Å². The minimum atomic E-state index is -1.32. The number of para-hydroxylation sites is 1. The molecule has 1 aromatic carbocycles. The molecule has 26 heavy (non-hydrogen) atoms. The quantitative estimate of drug-likeness (QED) is 0.658. The van der Waals surface area contributed by atoms with Crippen LogP contribution in [0.15, 0.2) is 34.9 Å². The Kier molecular flexibility index (Phi) is 4.62. The Morgan fingerprint density at radius 1 is 1.15 bits per heavy atom. The smallest absolute Gasteiger partial charge is 0.229 e. The van der Waals surface area contributed by atoms with Crippen LogP contribution in [0.4, 0.5) is 8.78 Å². The van der Waals surface area contributed by atoms with Crippen molar-refractivity contribution < 1.29 is 17.4 Å². The molecule has 0 saturated heterocycles. The largest absolute Gasteiger partial charge is 0.424 e. The molecule has 1 aliphatic carbocycles. The van der Waals surface area contributed by atoms with E-state index in [1.165, 1.54) is 18.7 Å². The van der Waals surface area contributed by atoms with Gasteiger partial charge < -0.3 is 4.42 Å². The van der Waals surface area contributed by atoms with Crippen molar-refractivity contribution in [3.05, 3.63) is 59.6 Å². The highest BCUT2D eigenvalue weighted by Crippen LogP contribution is 2.35. The standard InChI is InChI=1S/C17H16F2N4O2S/c18-13-5-2-6-14(19)16(13)23-8-7-12(22-23)9-26(24)10-15-20-21-17(25-15)11-3-1-4-11/h2,5-8,11H,1,3-4,9-10H2/t26-/m0/s1. The van der Waals surface area contributed by atoms with Crippen LogP contribution in [0.2, 0.25) is 0 Å². The van der Waals surface area contributed by atoms with E-state index in [1.807, 2.05) is 0 Å². The number of nitrogens with zero attached hydrogens (tertiary/aromatic N) is 4. The second-order valence-electron chi connectivity index (χ2n) is 6.21. The third-order valence-electron chi connectivity index (χ3n) is 4.34. The Morgan fingerprint density at radius 3 is 2.62 bits per heavy atom. The fraction of sp³-hybridized carbons (Fsp3) is 0.353. The van der Waals surface area contributed by atoms with E-state index in [1.54, 1.807) is 6.07 Å². The summed E-state index contributed by atoms with van der Waals surface area (Å²) >= 11 is 0. The van der Waals surface area contributed by atoms with Crippen LogP contribution in [0.5, 0.6) is 0 Å². The lowest BCUT2D eigenvalue weighted by Crippen LogP contribution is -2.08. The van der Waals surface area contributed by atoms with Crippen LogP contribution < -0.4 is 0 Å². The van der Waals surface area contributed by atoms with Crippen molar-refractivity contribution >= 4 is 10.8 Å². The second-order valence-corrected chi connectivity index (χ2v) is 7.67. The van der Waals surface area contributed by atoms with Gasteiger partial charge in [0.15, 0.2) is 11.6 Å². The molecule has 2 aromatic heterocycles. The van der Waals surface area contributed by atoms with E-state index < -0.39 is 22.4 Å². The van der Waals surface area contributed by atoms with Crippen LogP contribution in [-0.2, 0) is 22.3 Å². The van der Waals surface area contributed by atoms with Crippen molar-refractivity contribution in [2.75, 3.05) is 0 Å². The Labute approximate surface area is 150 Å². The van der Waals surface area contributed by atoms with E-state index in [0.29, 0.717) is 23.4 Å². The monoisotopic (exact) mass is 378 g/mol. The molecule has 6 nitrogen and oxygen atoms in total. The molecule has 3 aromatic rings. The van der Waals surface area contributed by atoms with Crippen molar-refractivity contribution in [1.82, 2.24) is 20.0 Å². The van der Waals surface area contributed by atoms with Gasteiger partial charge in [0.05, 0.1) is 11.4 Å². The zero-order chi connectivity index (χ0) is 18.1. The minimum absolute atomic E-state index is 0.126. The first kappa shape index (κ1) is 17.0. The molecule has 136 valence electrons. The molecule has 0 spiro atoms. The average molecular weight is 378 g/mol. The van der Waals surface area contributed by atoms with Crippen molar-refractivity contribution in [2.24, 2.45) is 0 Å². The molecule has 0 unspecified atom stereocenters. The fourth-order valence-corrected chi connectivity index (χ4v) is 3.75. The summed E-state index contributed by atoms with van der Waals surface area (Å²) in [5.74, 6) is 0.110. The highest BCUT2D eigenvalue weighted by molar-refractivity contribution is 7.83. The Hall–Kier alpha value is -2.42. The summed E-state index contributed by atoms with van der Waals surface area (Å²) in [5, 5.41) is 12.1. The van der Waals surface area contributed by atoms with E-state index in [4.69, 9.17) is 4.42 Å². The summed E-state index contributed by atoms with van der Waals surface area (Å²) in [6, 6.07) is 5.19. The normalized spacial score (nSPS) is 15.8. The zero-order valence-electron chi connectivity index (χ0n) is 13.8. The predicted molar refractivity (Wildman–Crippen MR) is 89.9 cm³/mol. The van der Waals surface area contributed by atoms with E-state index >= 15 is 0 Å². The van der Waals surface area contributed by atoms with Crippen LogP contribution in [0.25, 0.3) is 5.69 Å². The summed E-state index contributed by atoms with van der Waals surface area (Å²) in [6.07, 6.45) is 4.71. The van der Waals surface area contributed by atoms with Gasteiger partial charge >= 0.3 is 0 Å². The Balaban J connectivity index is 1.42. The van der Waals surface area contributed by atoms with Crippen LogP contribution >= 0.6 is 0 Å². The molecule has 0 N–H and O–H groups in total. The molecule has 9 heteroatoms. The van der Waals surface area contributed by atoms with Gasteiger partial charge in [-0.1, -0.05) is 12.5 Å². The van der Waals surface area contributed by atoms with Gasteiger partial charge in [0.2, 0.25) is 11.8 Å². The third kappa shape index (κ3) is 3.44. The molecule has 4 rings (SSSR count). The SMILES string of the molecule is O=[S@@](Cc1ccn(-c2c(F)cccc2F)n1)Cc1nnc(C2CCC2)o1.